The number of aromatic nitrogens is 6. The van der Waals surface area contributed by atoms with Gasteiger partial charge in [-0.25, -0.2) is 4.98 Å². The number of aromatic amines is 2. The highest BCUT2D eigenvalue weighted by molar-refractivity contribution is 5.86. The number of rotatable bonds is 5. The first-order valence-corrected chi connectivity index (χ1v) is 8.62. The molecule has 1 aliphatic carbocycles. The Balaban J connectivity index is 1.49. The molecule has 26 heavy (non-hydrogen) atoms. The lowest BCUT2D eigenvalue weighted by Gasteiger charge is -2.10. The van der Waals surface area contributed by atoms with Gasteiger partial charge < -0.3 is 15.6 Å². The van der Waals surface area contributed by atoms with Crippen molar-refractivity contribution >= 4 is 34.4 Å². The minimum Gasteiger partial charge on any atom is -0.340 e. The molecular formula is C18H18N8. The Morgan fingerprint density at radius 1 is 1.12 bits per heavy atom. The highest BCUT2D eigenvalue weighted by Crippen LogP contribution is 2.39. The maximum absolute atomic E-state index is 4.62. The van der Waals surface area contributed by atoms with E-state index in [-0.39, 0.29) is 0 Å². The van der Waals surface area contributed by atoms with E-state index in [2.05, 4.69) is 40.8 Å². The monoisotopic (exact) mass is 346 g/mol. The summed E-state index contributed by atoms with van der Waals surface area (Å²) in [4.78, 5) is 16.5. The maximum Gasteiger partial charge on any atom is 0.231 e. The van der Waals surface area contributed by atoms with Crippen LogP contribution in [0.5, 0.6) is 0 Å². The van der Waals surface area contributed by atoms with E-state index >= 15 is 0 Å². The van der Waals surface area contributed by atoms with E-state index in [1.165, 1.54) is 18.5 Å². The largest absolute Gasteiger partial charge is 0.340 e. The van der Waals surface area contributed by atoms with E-state index in [4.69, 9.17) is 0 Å². The molecule has 1 saturated carbocycles. The Bertz CT molecular complexity index is 1080. The first-order valence-electron chi connectivity index (χ1n) is 8.62. The molecule has 4 aromatic rings. The third kappa shape index (κ3) is 2.75. The van der Waals surface area contributed by atoms with Crippen molar-refractivity contribution in [3.8, 4) is 0 Å². The van der Waals surface area contributed by atoms with Crippen molar-refractivity contribution in [1.82, 2.24) is 30.1 Å². The molecule has 1 aromatic carbocycles. The van der Waals surface area contributed by atoms with Crippen molar-refractivity contribution in [2.24, 2.45) is 0 Å². The van der Waals surface area contributed by atoms with E-state index in [9.17, 15) is 0 Å². The zero-order valence-corrected chi connectivity index (χ0v) is 14.2. The number of anilines is 4. The molecule has 1 aliphatic rings. The Labute approximate surface area is 149 Å². The number of para-hydroxylation sites is 1. The lowest BCUT2D eigenvalue weighted by atomic mass is 10.2. The van der Waals surface area contributed by atoms with Crippen LogP contribution in [0, 0.1) is 6.92 Å². The first-order chi connectivity index (χ1) is 12.8. The molecule has 0 bridgehead atoms. The summed E-state index contributed by atoms with van der Waals surface area (Å²) in [6, 6.07) is 10.1. The highest BCUT2D eigenvalue weighted by atomic mass is 15.2. The van der Waals surface area contributed by atoms with Crippen molar-refractivity contribution in [3.63, 3.8) is 0 Å². The van der Waals surface area contributed by atoms with Crippen LogP contribution in [0.25, 0.3) is 11.2 Å². The predicted octanol–water partition coefficient (Wildman–Crippen LogP) is 3.75. The molecule has 0 unspecified atom stereocenters. The summed E-state index contributed by atoms with van der Waals surface area (Å²) in [6.07, 6.45) is 4.07. The molecule has 0 spiro atoms. The Morgan fingerprint density at radius 3 is 2.85 bits per heavy atom. The number of aryl methyl sites for hydroxylation is 1. The van der Waals surface area contributed by atoms with Crippen LogP contribution in [0.1, 0.15) is 30.0 Å². The van der Waals surface area contributed by atoms with Crippen LogP contribution in [0.15, 0.2) is 36.7 Å². The second-order valence-electron chi connectivity index (χ2n) is 6.54. The second-order valence-corrected chi connectivity index (χ2v) is 6.54. The number of nitrogens with zero attached hydrogens (tertiary/aromatic N) is 4. The molecule has 0 radical (unpaired) electrons. The van der Waals surface area contributed by atoms with E-state index in [0.717, 1.165) is 22.6 Å². The number of H-pyrrole nitrogens is 2. The zero-order chi connectivity index (χ0) is 17.5. The molecule has 3 aromatic heterocycles. The summed E-state index contributed by atoms with van der Waals surface area (Å²) in [5.41, 5.74) is 4.59. The van der Waals surface area contributed by atoms with Gasteiger partial charge >= 0.3 is 0 Å². The molecule has 0 amide bonds. The van der Waals surface area contributed by atoms with Crippen molar-refractivity contribution in [2.45, 2.75) is 25.7 Å². The van der Waals surface area contributed by atoms with Gasteiger partial charge in [-0.3, -0.25) is 5.10 Å². The molecule has 8 nitrogen and oxygen atoms in total. The van der Waals surface area contributed by atoms with Crippen LogP contribution in [0.4, 0.5) is 23.3 Å². The fourth-order valence-electron chi connectivity index (χ4n) is 2.94. The molecule has 0 saturated heterocycles. The van der Waals surface area contributed by atoms with E-state index in [0.29, 0.717) is 23.3 Å². The van der Waals surface area contributed by atoms with Gasteiger partial charge in [-0.05, 0) is 31.4 Å². The van der Waals surface area contributed by atoms with Gasteiger partial charge in [0.15, 0.2) is 17.3 Å². The maximum atomic E-state index is 4.62. The van der Waals surface area contributed by atoms with Gasteiger partial charge in [0.1, 0.15) is 5.52 Å². The number of benzene rings is 1. The van der Waals surface area contributed by atoms with Crippen LogP contribution in [-0.4, -0.2) is 30.1 Å². The summed E-state index contributed by atoms with van der Waals surface area (Å²) in [5.74, 6) is 2.48. The van der Waals surface area contributed by atoms with Gasteiger partial charge in [-0.2, -0.15) is 15.1 Å². The average Bonchev–Trinajstić information content (AvgIpc) is 3.19. The number of imidazole rings is 1. The number of nitrogens with one attached hydrogen (secondary N) is 4. The summed E-state index contributed by atoms with van der Waals surface area (Å²) in [7, 11) is 0. The smallest absolute Gasteiger partial charge is 0.231 e. The van der Waals surface area contributed by atoms with Crippen LogP contribution < -0.4 is 10.6 Å². The van der Waals surface area contributed by atoms with Gasteiger partial charge in [-0.15, -0.1) is 0 Å². The highest BCUT2D eigenvalue weighted by Gasteiger charge is 2.25. The summed E-state index contributed by atoms with van der Waals surface area (Å²) >= 11 is 0. The van der Waals surface area contributed by atoms with Gasteiger partial charge in [-0.1, -0.05) is 18.2 Å². The molecule has 0 atom stereocenters. The number of fused-ring (bicyclic) bond motifs is 1. The summed E-state index contributed by atoms with van der Waals surface area (Å²) in [5, 5.41) is 14.0. The van der Waals surface area contributed by atoms with Gasteiger partial charge in [0.2, 0.25) is 5.95 Å². The molecular weight excluding hydrogens is 328 g/mol. The molecule has 5 rings (SSSR count). The SMILES string of the molecule is Cc1ccccc1Nc1nc(Nc2cc(C3CC3)[nH]n2)c2[nH]cnc2n1. The third-order valence-electron chi connectivity index (χ3n) is 4.54. The Hall–Kier alpha value is -3.42. The standard InChI is InChI=1S/C18H18N8/c1-10-4-2-3-5-12(10)21-18-23-16-15(19-9-20-16)17(24-18)22-14-8-13(25-26-14)11-6-7-11/h2-5,8-9,11H,6-7H2,1H3,(H4,19,20,21,22,23,24,25,26). The fourth-order valence-corrected chi connectivity index (χ4v) is 2.94. The summed E-state index contributed by atoms with van der Waals surface area (Å²) < 4.78 is 0. The normalized spacial score (nSPS) is 13.9. The van der Waals surface area contributed by atoms with Crippen LogP contribution in [0.2, 0.25) is 0 Å². The van der Waals surface area contributed by atoms with Crippen molar-refractivity contribution in [1.29, 1.82) is 0 Å². The quantitative estimate of drug-likeness (QED) is 0.438. The Morgan fingerprint density at radius 2 is 2.00 bits per heavy atom. The van der Waals surface area contributed by atoms with Crippen molar-refractivity contribution < 1.29 is 0 Å². The Kier molecular flexibility index (Phi) is 3.34. The van der Waals surface area contributed by atoms with E-state index < -0.39 is 0 Å². The van der Waals surface area contributed by atoms with Gasteiger partial charge in [0, 0.05) is 23.4 Å². The van der Waals surface area contributed by atoms with E-state index in [1.807, 2.05) is 37.3 Å². The summed E-state index contributed by atoms with van der Waals surface area (Å²) in [6.45, 7) is 2.04. The zero-order valence-electron chi connectivity index (χ0n) is 14.2. The van der Waals surface area contributed by atoms with Crippen molar-refractivity contribution in [3.05, 3.63) is 47.9 Å². The number of hydrogen-bond acceptors (Lipinski definition) is 6. The lowest BCUT2D eigenvalue weighted by molar-refractivity contribution is 0.966. The van der Waals surface area contributed by atoms with Gasteiger partial charge in [0.05, 0.1) is 6.33 Å². The topological polar surface area (TPSA) is 107 Å². The minimum atomic E-state index is 0.486. The molecule has 1 fully saturated rings. The van der Waals surface area contributed by atoms with Crippen LogP contribution >= 0.6 is 0 Å². The third-order valence-corrected chi connectivity index (χ3v) is 4.54. The molecule has 8 heteroatoms. The fraction of sp³-hybridized carbons (Fsp3) is 0.222. The average molecular weight is 346 g/mol. The number of hydrogen-bond donors (Lipinski definition) is 4. The molecule has 3 heterocycles. The van der Waals surface area contributed by atoms with Crippen LogP contribution in [0.3, 0.4) is 0 Å². The predicted molar refractivity (Wildman–Crippen MR) is 100.0 cm³/mol. The molecule has 130 valence electrons. The van der Waals surface area contributed by atoms with Crippen molar-refractivity contribution in [2.75, 3.05) is 10.6 Å². The molecule has 0 aliphatic heterocycles. The lowest BCUT2D eigenvalue weighted by Crippen LogP contribution is -2.03. The first kappa shape index (κ1) is 14.9. The minimum absolute atomic E-state index is 0.486. The van der Waals surface area contributed by atoms with E-state index in [1.54, 1.807) is 6.33 Å². The molecule has 4 N–H and O–H groups in total. The van der Waals surface area contributed by atoms with Crippen LogP contribution in [-0.2, 0) is 0 Å². The second kappa shape index (κ2) is 5.83. The van der Waals surface area contributed by atoms with Gasteiger partial charge in [0.25, 0.3) is 0 Å².